The van der Waals surface area contributed by atoms with Gasteiger partial charge in [-0.05, 0) is 43.0 Å². The second-order valence-corrected chi connectivity index (χ2v) is 7.18. The lowest BCUT2D eigenvalue weighted by Gasteiger charge is -2.29. The van der Waals surface area contributed by atoms with E-state index >= 15 is 0 Å². The lowest BCUT2D eigenvalue weighted by molar-refractivity contribution is 0.410. The molecule has 0 amide bonds. The Kier molecular flexibility index (Phi) is 3.92. The minimum absolute atomic E-state index is 0.00664. The molecule has 2 atom stereocenters. The Balaban J connectivity index is 2.23. The van der Waals surface area contributed by atoms with Crippen molar-refractivity contribution in [2.45, 2.75) is 18.8 Å². The van der Waals surface area contributed by atoms with Crippen molar-refractivity contribution >= 4 is 9.84 Å². The van der Waals surface area contributed by atoms with Gasteiger partial charge in [-0.3, -0.25) is 0 Å². The molecule has 0 spiro atoms. The highest BCUT2D eigenvalue weighted by atomic mass is 32.2. The zero-order valence-corrected chi connectivity index (χ0v) is 11.1. The number of nitrogens with two attached hydrogens (primary N) is 1. The molecule has 0 bridgehead atoms. The van der Waals surface area contributed by atoms with Gasteiger partial charge in [0.2, 0.25) is 0 Å². The number of aromatic hydroxyl groups is 1. The summed E-state index contributed by atoms with van der Waals surface area (Å²) in [5.41, 5.74) is 6.73. The van der Waals surface area contributed by atoms with Gasteiger partial charge in [0, 0.05) is 5.92 Å². The first-order chi connectivity index (χ1) is 8.52. The van der Waals surface area contributed by atoms with E-state index in [-0.39, 0.29) is 23.3 Å². The van der Waals surface area contributed by atoms with E-state index in [4.69, 9.17) is 5.73 Å². The molecular weight excluding hydrogens is 250 g/mol. The van der Waals surface area contributed by atoms with E-state index in [0.717, 1.165) is 12.0 Å². The molecule has 4 nitrogen and oxygen atoms in total. The fraction of sp³-hybridized carbons (Fsp3) is 0.538. The Morgan fingerprint density at radius 2 is 2.22 bits per heavy atom. The van der Waals surface area contributed by atoms with Crippen molar-refractivity contribution in [1.82, 2.24) is 0 Å². The van der Waals surface area contributed by atoms with Gasteiger partial charge in [-0.2, -0.15) is 0 Å². The molecule has 5 heteroatoms. The number of benzene rings is 1. The van der Waals surface area contributed by atoms with Gasteiger partial charge in [-0.1, -0.05) is 12.1 Å². The third kappa shape index (κ3) is 3.03. The third-order valence-electron chi connectivity index (χ3n) is 3.62. The van der Waals surface area contributed by atoms with Gasteiger partial charge in [0.05, 0.1) is 11.5 Å². The van der Waals surface area contributed by atoms with E-state index in [1.54, 1.807) is 18.2 Å². The van der Waals surface area contributed by atoms with Gasteiger partial charge < -0.3 is 10.8 Å². The molecule has 1 aromatic carbocycles. The summed E-state index contributed by atoms with van der Waals surface area (Å²) in [6.07, 6.45) is 1.60. The summed E-state index contributed by atoms with van der Waals surface area (Å²) in [7, 11) is -2.92. The Labute approximate surface area is 108 Å². The molecule has 1 heterocycles. The Morgan fingerprint density at radius 3 is 2.83 bits per heavy atom. The highest BCUT2D eigenvalue weighted by Crippen LogP contribution is 2.33. The predicted molar refractivity (Wildman–Crippen MR) is 71.3 cm³/mol. The summed E-state index contributed by atoms with van der Waals surface area (Å²) < 4.78 is 23.4. The molecule has 3 N–H and O–H groups in total. The molecule has 0 saturated carbocycles. The van der Waals surface area contributed by atoms with Crippen LogP contribution in [0.1, 0.15) is 24.3 Å². The number of hydrogen-bond acceptors (Lipinski definition) is 4. The summed E-state index contributed by atoms with van der Waals surface area (Å²) in [5, 5.41) is 9.50. The van der Waals surface area contributed by atoms with Crippen LogP contribution in [-0.4, -0.2) is 31.6 Å². The van der Waals surface area contributed by atoms with E-state index in [1.807, 2.05) is 6.07 Å². The summed E-state index contributed by atoms with van der Waals surface area (Å²) >= 11 is 0. The lowest BCUT2D eigenvalue weighted by Crippen LogP contribution is -2.32. The molecule has 1 aliphatic rings. The molecular formula is C13H19NO3S. The summed E-state index contributed by atoms with van der Waals surface area (Å²) in [5.74, 6) is 0.776. The molecule has 0 radical (unpaired) electrons. The molecule has 18 heavy (non-hydrogen) atoms. The quantitative estimate of drug-likeness (QED) is 0.865. The third-order valence-corrected chi connectivity index (χ3v) is 5.47. The van der Waals surface area contributed by atoms with Gasteiger partial charge in [0.25, 0.3) is 0 Å². The zero-order valence-electron chi connectivity index (χ0n) is 10.2. The van der Waals surface area contributed by atoms with Gasteiger partial charge >= 0.3 is 0 Å². The SMILES string of the molecule is NCC(c1cccc(O)c1)C1CCCS(=O)(=O)C1. The largest absolute Gasteiger partial charge is 0.508 e. The van der Waals surface area contributed by atoms with Crippen molar-refractivity contribution in [2.24, 2.45) is 11.7 Å². The monoisotopic (exact) mass is 269 g/mol. The first-order valence-corrected chi connectivity index (χ1v) is 8.03. The highest BCUT2D eigenvalue weighted by Gasteiger charge is 2.31. The highest BCUT2D eigenvalue weighted by molar-refractivity contribution is 7.91. The summed E-state index contributed by atoms with van der Waals surface area (Å²) in [6.45, 7) is 0.406. The minimum Gasteiger partial charge on any atom is -0.508 e. The molecule has 1 aromatic rings. The van der Waals surface area contributed by atoms with E-state index < -0.39 is 9.84 Å². The Morgan fingerprint density at radius 1 is 1.44 bits per heavy atom. The maximum Gasteiger partial charge on any atom is 0.150 e. The van der Waals surface area contributed by atoms with Gasteiger partial charge in [-0.15, -0.1) is 0 Å². The van der Waals surface area contributed by atoms with Crippen molar-refractivity contribution in [3.05, 3.63) is 29.8 Å². The van der Waals surface area contributed by atoms with Crippen LogP contribution in [0, 0.1) is 5.92 Å². The summed E-state index contributed by atoms with van der Waals surface area (Å²) in [6, 6.07) is 6.95. The normalized spacial score (nSPS) is 24.6. The molecule has 2 rings (SSSR count). The maximum absolute atomic E-state index is 11.7. The molecule has 1 fully saturated rings. The second kappa shape index (κ2) is 5.28. The average molecular weight is 269 g/mol. The standard InChI is InChI=1S/C13H19NO3S/c14-8-13(10-3-1-5-12(15)7-10)11-4-2-6-18(16,17)9-11/h1,3,5,7,11,13,15H,2,4,6,8-9,14H2. The molecule has 0 aromatic heterocycles. The molecule has 1 aliphatic heterocycles. The topological polar surface area (TPSA) is 80.4 Å². The first kappa shape index (κ1) is 13.4. The van der Waals surface area contributed by atoms with E-state index in [9.17, 15) is 13.5 Å². The van der Waals surface area contributed by atoms with Crippen LogP contribution in [-0.2, 0) is 9.84 Å². The zero-order chi connectivity index (χ0) is 13.2. The van der Waals surface area contributed by atoms with Crippen molar-refractivity contribution in [3.63, 3.8) is 0 Å². The fourth-order valence-corrected chi connectivity index (χ4v) is 4.56. The number of phenols is 1. The van der Waals surface area contributed by atoms with Crippen LogP contribution in [0.2, 0.25) is 0 Å². The molecule has 100 valence electrons. The van der Waals surface area contributed by atoms with Gasteiger partial charge in [0.15, 0.2) is 9.84 Å². The number of rotatable bonds is 3. The van der Waals surface area contributed by atoms with Crippen molar-refractivity contribution in [2.75, 3.05) is 18.1 Å². The van der Waals surface area contributed by atoms with Crippen LogP contribution in [0.15, 0.2) is 24.3 Å². The van der Waals surface area contributed by atoms with E-state index in [2.05, 4.69) is 0 Å². The Bertz CT molecular complexity index is 513. The lowest BCUT2D eigenvalue weighted by atomic mass is 9.84. The van der Waals surface area contributed by atoms with E-state index in [0.29, 0.717) is 18.7 Å². The maximum atomic E-state index is 11.7. The fourth-order valence-electron chi connectivity index (χ4n) is 2.73. The van der Waals surface area contributed by atoms with E-state index in [1.165, 1.54) is 0 Å². The van der Waals surface area contributed by atoms with Crippen LogP contribution in [0.3, 0.4) is 0 Å². The van der Waals surface area contributed by atoms with Crippen LogP contribution >= 0.6 is 0 Å². The Hall–Kier alpha value is -1.07. The molecule has 0 aliphatic carbocycles. The van der Waals surface area contributed by atoms with Crippen LogP contribution in [0.5, 0.6) is 5.75 Å². The van der Waals surface area contributed by atoms with Crippen molar-refractivity contribution in [3.8, 4) is 5.75 Å². The first-order valence-electron chi connectivity index (χ1n) is 6.21. The van der Waals surface area contributed by atoms with Crippen molar-refractivity contribution < 1.29 is 13.5 Å². The van der Waals surface area contributed by atoms with Crippen LogP contribution < -0.4 is 5.73 Å². The van der Waals surface area contributed by atoms with Crippen LogP contribution in [0.25, 0.3) is 0 Å². The molecule has 2 unspecified atom stereocenters. The minimum atomic E-state index is -2.92. The second-order valence-electron chi connectivity index (χ2n) is 4.95. The smallest absolute Gasteiger partial charge is 0.150 e. The summed E-state index contributed by atoms with van der Waals surface area (Å²) in [4.78, 5) is 0. The molecule has 1 saturated heterocycles. The average Bonchev–Trinajstić information content (AvgIpc) is 2.29. The van der Waals surface area contributed by atoms with Gasteiger partial charge in [0.1, 0.15) is 5.75 Å². The predicted octanol–water partition coefficient (Wildman–Crippen LogP) is 1.26. The van der Waals surface area contributed by atoms with Crippen molar-refractivity contribution in [1.29, 1.82) is 0 Å². The number of phenolic OH excluding ortho intramolecular Hbond substituents is 1. The van der Waals surface area contributed by atoms with Gasteiger partial charge in [-0.25, -0.2) is 8.42 Å². The number of hydrogen-bond donors (Lipinski definition) is 2. The number of sulfone groups is 1. The van der Waals surface area contributed by atoms with Crippen LogP contribution in [0.4, 0.5) is 0 Å².